The fraction of sp³-hybridized carbons (Fsp3) is 0.440. The molecule has 0 aromatic heterocycles. The maximum atomic E-state index is 13.0. The molecule has 0 atom stereocenters. The first-order chi connectivity index (χ1) is 14.1. The molecule has 0 radical (unpaired) electrons. The van der Waals surface area contributed by atoms with E-state index in [9.17, 15) is 9.59 Å². The lowest BCUT2D eigenvalue weighted by atomic mass is 10.0. The molecule has 0 aliphatic carbocycles. The summed E-state index contributed by atoms with van der Waals surface area (Å²) in [4.78, 5) is 28.8. The third-order valence-electron chi connectivity index (χ3n) is 5.70. The van der Waals surface area contributed by atoms with Gasteiger partial charge >= 0.3 is 0 Å². The Bertz CT molecular complexity index is 768. The van der Waals surface area contributed by atoms with Crippen LogP contribution in [0.25, 0.3) is 0 Å². The van der Waals surface area contributed by atoms with Crippen molar-refractivity contribution < 1.29 is 9.59 Å². The molecule has 154 valence electrons. The maximum absolute atomic E-state index is 13.0. The summed E-state index contributed by atoms with van der Waals surface area (Å²) in [7, 11) is 0. The molecule has 1 heterocycles. The van der Waals surface area contributed by atoms with Crippen molar-refractivity contribution in [1.29, 1.82) is 0 Å². The average molecular weight is 393 g/mol. The quantitative estimate of drug-likeness (QED) is 0.631. The highest BCUT2D eigenvalue weighted by molar-refractivity contribution is 5.94. The Labute approximate surface area is 174 Å². The zero-order chi connectivity index (χ0) is 20.5. The van der Waals surface area contributed by atoms with Gasteiger partial charge in [-0.2, -0.15) is 0 Å². The summed E-state index contributed by atoms with van der Waals surface area (Å²) in [5, 5.41) is 0. The fourth-order valence-corrected chi connectivity index (χ4v) is 4.09. The van der Waals surface area contributed by atoms with Gasteiger partial charge in [0.1, 0.15) is 5.78 Å². The van der Waals surface area contributed by atoms with Crippen LogP contribution in [-0.2, 0) is 16.0 Å². The lowest BCUT2D eigenvalue weighted by Gasteiger charge is -2.38. The molecule has 0 bridgehead atoms. The van der Waals surface area contributed by atoms with E-state index in [1.54, 1.807) is 6.92 Å². The van der Waals surface area contributed by atoms with Crippen LogP contribution in [0.15, 0.2) is 60.7 Å². The SMILES string of the molecule is CC(=O)CCCC(=O)N(c1ccccc1)C1CCN(CCc2ccccc2)CC1. The van der Waals surface area contributed by atoms with Crippen LogP contribution in [-0.4, -0.2) is 42.3 Å². The van der Waals surface area contributed by atoms with Crippen molar-refractivity contribution in [3.8, 4) is 0 Å². The minimum atomic E-state index is 0.139. The van der Waals surface area contributed by atoms with Crippen LogP contribution in [0.4, 0.5) is 5.69 Å². The number of nitrogens with zero attached hydrogens (tertiary/aromatic N) is 2. The lowest BCUT2D eigenvalue weighted by molar-refractivity contribution is -0.119. The molecule has 4 nitrogen and oxygen atoms in total. The monoisotopic (exact) mass is 392 g/mol. The normalized spacial score (nSPS) is 15.2. The first-order valence-electron chi connectivity index (χ1n) is 10.8. The molecule has 3 rings (SSSR count). The van der Waals surface area contributed by atoms with Gasteiger partial charge in [-0.1, -0.05) is 48.5 Å². The Morgan fingerprint density at radius 1 is 0.931 bits per heavy atom. The summed E-state index contributed by atoms with van der Waals surface area (Å²) in [5.74, 6) is 0.288. The number of ketones is 1. The van der Waals surface area contributed by atoms with Crippen LogP contribution >= 0.6 is 0 Å². The number of anilines is 1. The van der Waals surface area contributed by atoms with Crippen LogP contribution in [0, 0.1) is 0 Å². The molecule has 29 heavy (non-hydrogen) atoms. The third-order valence-corrected chi connectivity index (χ3v) is 5.70. The van der Waals surface area contributed by atoms with Crippen molar-refractivity contribution >= 4 is 17.4 Å². The summed E-state index contributed by atoms with van der Waals surface area (Å²) < 4.78 is 0. The van der Waals surface area contributed by atoms with Gasteiger partial charge in [-0.15, -0.1) is 0 Å². The summed E-state index contributed by atoms with van der Waals surface area (Å²) >= 11 is 0. The van der Waals surface area contributed by atoms with E-state index in [0.29, 0.717) is 19.3 Å². The average Bonchev–Trinajstić information content (AvgIpc) is 2.75. The van der Waals surface area contributed by atoms with E-state index >= 15 is 0 Å². The maximum Gasteiger partial charge on any atom is 0.227 e. The number of carbonyl (C=O) groups excluding carboxylic acids is 2. The molecule has 0 N–H and O–H groups in total. The Hall–Kier alpha value is -2.46. The van der Waals surface area contributed by atoms with Crippen molar-refractivity contribution in [3.63, 3.8) is 0 Å². The number of benzene rings is 2. The second-order valence-electron chi connectivity index (χ2n) is 7.96. The van der Waals surface area contributed by atoms with E-state index in [1.807, 2.05) is 35.2 Å². The molecule has 1 saturated heterocycles. The smallest absolute Gasteiger partial charge is 0.227 e. The van der Waals surface area contributed by atoms with Crippen molar-refractivity contribution in [2.45, 2.75) is 51.5 Å². The van der Waals surface area contributed by atoms with Gasteiger partial charge in [0, 0.05) is 44.2 Å². The lowest BCUT2D eigenvalue weighted by Crippen LogP contribution is -2.48. The minimum Gasteiger partial charge on any atom is -0.309 e. The fourth-order valence-electron chi connectivity index (χ4n) is 4.09. The number of carbonyl (C=O) groups is 2. The Balaban J connectivity index is 1.57. The van der Waals surface area contributed by atoms with Gasteiger partial charge in [-0.3, -0.25) is 4.79 Å². The Kier molecular flexibility index (Phi) is 8.00. The second-order valence-corrected chi connectivity index (χ2v) is 7.96. The van der Waals surface area contributed by atoms with Crippen LogP contribution in [0.5, 0.6) is 0 Å². The number of piperidine rings is 1. The molecule has 0 spiro atoms. The molecule has 1 aliphatic heterocycles. The van der Waals surface area contributed by atoms with E-state index in [2.05, 4.69) is 35.2 Å². The zero-order valence-corrected chi connectivity index (χ0v) is 17.4. The Morgan fingerprint density at radius 3 is 2.17 bits per heavy atom. The van der Waals surface area contributed by atoms with E-state index in [1.165, 1.54) is 5.56 Å². The summed E-state index contributed by atoms with van der Waals surface area (Å²) in [5.41, 5.74) is 2.35. The summed E-state index contributed by atoms with van der Waals surface area (Å²) in [6, 6.07) is 20.8. The third kappa shape index (κ3) is 6.53. The van der Waals surface area contributed by atoms with Crippen LogP contribution in [0.2, 0.25) is 0 Å². The van der Waals surface area contributed by atoms with Crippen LogP contribution in [0.1, 0.15) is 44.6 Å². The zero-order valence-electron chi connectivity index (χ0n) is 17.4. The van der Waals surface area contributed by atoms with Crippen molar-refractivity contribution in [2.75, 3.05) is 24.5 Å². The van der Waals surface area contributed by atoms with Crippen molar-refractivity contribution in [1.82, 2.24) is 4.90 Å². The molecule has 4 heteroatoms. The van der Waals surface area contributed by atoms with Crippen molar-refractivity contribution in [3.05, 3.63) is 66.2 Å². The second kappa shape index (κ2) is 10.9. The predicted molar refractivity (Wildman–Crippen MR) is 118 cm³/mol. The first-order valence-corrected chi connectivity index (χ1v) is 10.8. The Morgan fingerprint density at radius 2 is 1.55 bits per heavy atom. The minimum absolute atomic E-state index is 0.139. The highest BCUT2D eigenvalue weighted by Gasteiger charge is 2.28. The topological polar surface area (TPSA) is 40.6 Å². The molecule has 0 saturated carbocycles. The number of amides is 1. The van der Waals surface area contributed by atoms with Gasteiger partial charge in [-0.05, 0) is 50.3 Å². The number of rotatable bonds is 9. The van der Waals surface area contributed by atoms with Gasteiger partial charge in [0.15, 0.2) is 0 Å². The van der Waals surface area contributed by atoms with Gasteiger partial charge < -0.3 is 14.6 Å². The molecule has 1 aliphatic rings. The van der Waals surface area contributed by atoms with E-state index in [0.717, 1.165) is 44.6 Å². The highest BCUT2D eigenvalue weighted by Crippen LogP contribution is 2.25. The molecule has 2 aromatic rings. The van der Waals surface area contributed by atoms with Crippen LogP contribution in [0.3, 0.4) is 0 Å². The number of likely N-dealkylation sites (tertiary alicyclic amines) is 1. The van der Waals surface area contributed by atoms with E-state index in [4.69, 9.17) is 0 Å². The molecule has 1 fully saturated rings. The molecule has 2 aromatic carbocycles. The number of hydrogen-bond acceptors (Lipinski definition) is 3. The van der Waals surface area contributed by atoms with E-state index in [-0.39, 0.29) is 17.7 Å². The molecular formula is C25H32N2O2. The number of para-hydroxylation sites is 1. The largest absolute Gasteiger partial charge is 0.309 e. The number of hydrogen-bond donors (Lipinski definition) is 0. The van der Waals surface area contributed by atoms with Gasteiger partial charge in [0.25, 0.3) is 0 Å². The van der Waals surface area contributed by atoms with E-state index < -0.39 is 0 Å². The standard InChI is InChI=1S/C25H32N2O2/c1-21(28)9-8-14-25(29)27(23-12-6-3-7-13-23)24-16-19-26(20-17-24)18-15-22-10-4-2-5-11-22/h2-7,10-13,24H,8-9,14-20H2,1H3. The first kappa shape index (κ1) is 21.3. The predicted octanol–water partition coefficient (Wildman–Crippen LogP) is 4.49. The molecular weight excluding hydrogens is 360 g/mol. The van der Waals surface area contributed by atoms with Crippen molar-refractivity contribution in [2.24, 2.45) is 0 Å². The molecule has 1 amide bonds. The number of Topliss-reactive ketones (excluding diaryl/α,β-unsaturated/α-hetero) is 1. The van der Waals surface area contributed by atoms with Gasteiger partial charge in [0.05, 0.1) is 0 Å². The van der Waals surface area contributed by atoms with Crippen LogP contribution < -0.4 is 4.90 Å². The highest BCUT2D eigenvalue weighted by atomic mass is 16.2. The van der Waals surface area contributed by atoms with Gasteiger partial charge in [0.2, 0.25) is 5.91 Å². The summed E-state index contributed by atoms with van der Waals surface area (Å²) in [6.45, 7) is 4.68. The van der Waals surface area contributed by atoms with Gasteiger partial charge in [-0.25, -0.2) is 0 Å². The summed E-state index contributed by atoms with van der Waals surface area (Å²) in [6.07, 6.45) is 4.59. The molecule has 0 unspecified atom stereocenters.